The van der Waals surface area contributed by atoms with Gasteiger partial charge in [-0.2, -0.15) is 0 Å². The fourth-order valence-electron chi connectivity index (χ4n) is 4.24. The second-order valence-electron chi connectivity index (χ2n) is 7.82. The maximum Gasteiger partial charge on any atom is 0.255 e. The van der Waals surface area contributed by atoms with Gasteiger partial charge in [0.25, 0.3) is 5.91 Å². The molecule has 1 aromatic rings. The molecule has 1 heterocycles. The summed E-state index contributed by atoms with van der Waals surface area (Å²) in [5.41, 5.74) is 6.64. The van der Waals surface area contributed by atoms with Crippen molar-refractivity contribution >= 4 is 11.6 Å². The van der Waals surface area contributed by atoms with Crippen LogP contribution < -0.4 is 10.6 Å². The van der Waals surface area contributed by atoms with Crippen molar-refractivity contribution in [2.24, 2.45) is 4.99 Å². The molecule has 0 bridgehead atoms. The molecule has 4 heteroatoms. The van der Waals surface area contributed by atoms with Crippen molar-refractivity contribution in [3.63, 3.8) is 0 Å². The van der Waals surface area contributed by atoms with Gasteiger partial charge in [-0.05, 0) is 79.6 Å². The molecule has 146 valence electrons. The Morgan fingerprint density at radius 3 is 3.00 bits per heavy atom. The van der Waals surface area contributed by atoms with Crippen LogP contribution in [0.4, 0.5) is 0 Å². The molecular weight excluding hydrogens is 346 g/mol. The molecule has 4 rings (SSSR count). The Kier molecular flexibility index (Phi) is 5.58. The first-order valence-corrected chi connectivity index (χ1v) is 10.5. The van der Waals surface area contributed by atoms with Crippen LogP contribution in [0.5, 0.6) is 0 Å². The van der Waals surface area contributed by atoms with E-state index in [9.17, 15) is 4.79 Å². The van der Waals surface area contributed by atoms with Crippen LogP contribution in [-0.4, -0.2) is 30.2 Å². The molecule has 0 aromatic heterocycles. The van der Waals surface area contributed by atoms with Gasteiger partial charge in [0, 0.05) is 23.0 Å². The molecule has 1 amide bonds. The predicted octanol–water partition coefficient (Wildman–Crippen LogP) is 4.10. The highest BCUT2D eigenvalue weighted by Crippen LogP contribution is 2.35. The van der Waals surface area contributed by atoms with E-state index in [0.29, 0.717) is 11.6 Å². The Balaban J connectivity index is 1.51. The summed E-state index contributed by atoms with van der Waals surface area (Å²) in [5, 5.41) is 6.73. The van der Waals surface area contributed by atoms with E-state index in [1.165, 1.54) is 22.4 Å². The van der Waals surface area contributed by atoms with Crippen LogP contribution in [0.3, 0.4) is 0 Å². The fraction of sp³-hybridized carbons (Fsp3) is 0.417. The number of aliphatic imine (C=N–C) groups is 1. The molecular formula is C24H29N3O. The normalized spacial score (nSPS) is 23.1. The second-order valence-corrected chi connectivity index (χ2v) is 7.82. The van der Waals surface area contributed by atoms with Crippen LogP contribution in [-0.2, 0) is 6.42 Å². The molecule has 2 atom stereocenters. The Hall–Kier alpha value is -2.46. The summed E-state index contributed by atoms with van der Waals surface area (Å²) in [7, 11) is 0. The molecule has 1 fully saturated rings. The minimum atomic E-state index is -0.0551. The highest BCUT2D eigenvalue weighted by Gasteiger charge is 2.32. The number of amides is 1. The van der Waals surface area contributed by atoms with Crippen molar-refractivity contribution in [3.8, 4) is 0 Å². The zero-order chi connectivity index (χ0) is 19.5. The van der Waals surface area contributed by atoms with Crippen molar-refractivity contribution in [3.05, 3.63) is 70.5 Å². The number of fused-ring (bicyclic) bond motifs is 2. The van der Waals surface area contributed by atoms with Gasteiger partial charge in [-0.15, -0.1) is 0 Å². The van der Waals surface area contributed by atoms with Gasteiger partial charge in [-0.3, -0.25) is 9.79 Å². The Labute approximate surface area is 167 Å². The van der Waals surface area contributed by atoms with E-state index in [1.807, 2.05) is 24.3 Å². The van der Waals surface area contributed by atoms with Crippen LogP contribution >= 0.6 is 0 Å². The van der Waals surface area contributed by atoms with E-state index >= 15 is 0 Å². The lowest BCUT2D eigenvalue weighted by Crippen LogP contribution is -2.34. The molecule has 2 aliphatic carbocycles. The Morgan fingerprint density at radius 1 is 1.29 bits per heavy atom. The minimum Gasteiger partial charge on any atom is -0.322 e. The van der Waals surface area contributed by atoms with E-state index in [-0.39, 0.29) is 11.9 Å². The molecule has 2 unspecified atom stereocenters. The van der Waals surface area contributed by atoms with Gasteiger partial charge in [-0.25, -0.2) is 0 Å². The molecule has 28 heavy (non-hydrogen) atoms. The summed E-state index contributed by atoms with van der Waals surface area (Å²) in [5.74, 6) is -0.0551. The third-order valence-electron chi connectivity index (χ3n) is 5.80. The summed E-state index contributed by atoms with van der Waals surface area (Å²) < 4.78 is 0. The van der Waals surface area contributed by atoms with E-state index in [4.69, 9.17) is 4.99 Å². The molecule has 1 aromatic carbocycles. The largest absolute Gasteiger partial charge is 0.322 e. The third kappa shape index (κ3) is 3.88. The summed E-state index contributed by atoms with van der Waals surface area (Å²) in [6.45, 7) is 5.37. The van der Waals surface area contributed by atoms with E-state index in [0.717, 1.165) is 44.3 Å². The minimum absolute atomic E-state index is 0.0551. The third-order valence-corrected chi connectivity index (χ3v) is 5.80. The lowest BCUT2D eigenvalue weighted by atomic mass is 9.85. The smallest absolute Gasteiger partial charge is 0.255 e. The van der Waals surface area contributed by atoms with Gasteiger partial charge in [0.2, 0.25) is 0 Å². The Morgan fingerprint density at radius 2 is 2.18 bits per heavy atom. The number of nitrogens with one attached hydrogen (secondary N) is 2. The molecule has 2 N–H and O–H groups in total. The number of carbonyl (C=O) groups excluding carboxylic acids is 1. The topological polar surface area (TPSA) is 53.5 Å². The standard InChI is InChI=1S/C24H29N3O/c1-3-12-25-18-8-10-22-20(14-18)21-15-19(9-11-23(21)27-22)26-24(28)17-7-5-6-16(4-2)13-17/h5-7,9,11,13,15,18,23,25H,3-4,8,10,12,14H2,1-2H3,(H,26,28). The van der Waals surface area contributed by atoms with Crippen LogP contribution in [0, 0.1) is 0 Å². The zero-order valence-electron chi connectivity index (χ0n) is 16.8. The number of nitrogens with zero attached hydrogens (tertiary/aromatic N) is 1. The average molecular weight is 376 g/mol. The highest BCUT2D eigenvalue weighted by atomic mass is 16.1. The van der Waals surface area contributed by atoms with Crippen molar-refractivity contribution in [1.29, 1.82) is 0 Å². The van der Waals surface area contributed by atoms with Crippen LogP contribution in [0.1, 0.15) is 55.5 Å². The lowest BCUT2D eigenvalue weighted by Gasteiger charge is -2.26. The van der Waals surface area contributed by atoms with Crippen molar-refractivity contribution in [2.45, 2.75) is 58.0 Å². The first-order valence-electron chi connectivity index (χ1n) is 10.5. The van der Waals surface area contributed by atoms with Crippen LogP contribution in [0.2, 0.25) is 0 Å². The van der Waals surface area contributed by atoms with Gasteiger partial charge >= 0.3 is 0 Å². The van der Waals surface area contributed by atoms with E-state index in [2.05, 4.69) is 42.7 Å². The SMILES string of the molecule is CCCNC1CCC2=NC3C=CC(NC(=O)c4cccc(CC)c4)=CC3=C2C1. The number of aryl methyl sites for hydroxylation is 1. The predicted molar refractivity (Wildman–Crippen MR) is 115 cm³/mol. The summed E-state index contributed by atoms with van der Waals surface area (Å²) in [6, 6.07) is 8.50. The summed E-state index contributed by atoms with van der Waals surface area (Å²) in [6.07, 6.45) is 11.6. The van der Waals surface area contributed by atoms with Gasteiger partial charge in [-0.1, -0.05) is 32.1 Å². The summed E-state index contributed by atoms with van der Waals surface area (Å²) in [4.78, 5) is 17.6. The maximum atomic E-state index is 12.7. The number of allylic oxidation sites excluding steroid dienone is 1. The molecule has 0 saturated heterocycles. The number of carbonyl (C=O) groups is 1. The van der Waals surface area contributed by atoms with Crippen LogP contribution in [0.15, 0.2) is 64.3 Å². The molecule has 1 saturated carbocycles. The number of hydrogen-bond donors (Lipinski definition) is 2. The van der Waals surface area contributed by atoms with Gasteiger partial charge < -0.3 is 10.6 Å². The summed E-state index contributed by atoms with van der Waals surface area (Å²) >= 11 is 0. The highest BCUT2D eigenvalue weighted by molar-refractivity contribution is 6.05. The van der Waals surface area contributed by atoms with Gasteiger partial charge in [0.05, 0.1) is 6.04 Å². The molecule has 3 aliphatic rings. The van der Waals surface area contributed by atoms with Gasteiger partial charge in [0.15, 0.2) is 0 Å². The van der Waals surface area contributed by atoms with Crippen molar-refractivity contribution in [2.75, 3.05) is 6.54 Å². The zero-order valence-corrected chi connectivity index (χ0v) is 16.8. The van der Waals surface area contributed by atoms with Crippen molar-refractivity contribution in [1.82, 2.24) is 10.6 Å². The quantitative estimate of drug-likeness (QED) is 0.786. The number of benzene rings is 1. The average Bonchev–Trinajstić information content (AvgIpc) is 3.09. The van der Waals surface area contributed by atoms with Crippen molar-refractivity contribution < 1.29 is 4.79 Å². The first-order chi connectivity index (χ1) is 13.7. The number of hydrogen-bond acceptors (Lipinski definition) is 3. The fourth-order valence-corrected chi connectivity index (χ4v) is 4.24. The number of rotatable bonds is 6. The molecule has 0 spiro atoms. The molecule has 1 aliphatic heterocycles. The second kappa shape index (κ2) is 8.27. The molecule has 0 radical (unpaired) electrons. The van der Waals surface area contributed by atoms with Crippen LogP contribution in [0.25, 0.3) is 0 Å². The lowest BCUT2D eigenvalue weighted by molar-refractivity contribution is 0.0967. The molecule has 4 nitrogen and oxygen atoms in total. The van der Waals surface area contributed by atoms with E-state index < -0.39 is 0 Å². The maximum absolute atomic E-state index is 12.7. The monoisotopic (exact) mass is 375 g/mol. The van der Waals surface area contributed by atoms with Gasteiger partial charge in [0.1, 0.15) is 0 Å². The first kappa shape index (κ1) is 18.9. The Bertz CT molecular complexity index is 891. The van der Waals surface area contributed by atoms with E-state index in [1.54, 1.807) is 0 Å².